The zero-order valence-corrected chi connectivity index (χ0v) is 11.2. The van der Waals surface area contributed by atoms with E-state index in [1.54, 1.807) is 0 Å². The summed E-state index contributed by atoms with van der Waals surface area (Å²) in [7, 11) is 0. The number of nitrogens with two attached hydrogens (primary N) is 1. The van der Waals surface area contributed by atoms with Crippen LogP contribution in [0.15, 0.2) is 6.07 Å². The predicted octanol–water partition coefficient (Wildman–Crippen LogP) is 1.49. The van der Waals surface area contributed by atoms with E-state index >= 15 is 0 Å². The highest BCUT2D eigenvalue weighted by Crippen LogP contribution is 2.27. The summed E-state index contributed by atoms with van der Waals surface area (Å²) < 4.78 is 2.01. The molecule has 0 saturated heterocycles. The molecular weight excluding hydrogens is 214 g/mol. The molecule has 1 heterocycles. The van der Waals surface area contributed by atoms with Crippen molar-refractivity contribution in [1.82, 2.24) is 9.78 Å². The van der Waals surface area contributed by atoms with Gasteiger partial charge in [-0.1, -0.05) is 13.3 Å². The highest BCUT2D eigenvalue weighted by atomic mass is 16.3. The van der Waals surface area contributed by atoms with Gasteiger partial charge in [-0.3, -0.25) is 4.68 Å². The van der Waals surface area contributed by atoms with E-state index in [9.17, 15) is 5.11 Å². The van der Waals surface area contributed by atoms with Gasteiger partial charge in [-0.05, 0) is 32.8 Å². The fraction of sp³-hybridized carbons (Fsp3) is 0.769. The largest absolute Gasteiger partial charge is 0.396 e. The van der Waals surface area contributed by atoms with Gasteiger partial charge in [-0.2, -0.15) is 5.10 Å². The molecule has 17 heavy (non-hydrogen) atoms. The number of aromatic nitrogens is 2. The SMILES string of the molecule is CCCC(CN)(CO)Cc1cc(C)nn1CC. The standard InChI is InChI=1S/C13H25N3O/c1-4-6-13(9-14,10-17)8-12-7-11(3)15-16(12)5-2/h7,17H,4-6,8-10,14H2,1-3H3. The van der Waals surface area contributed by atoms with Crippen molar-refractivity contribution in [2.45, 2.75) is 46.6 Å². The average Bonchev–Trinajstić information content (AvgIpc) is 2.68. The van der Waals surface area contributed by atoms with Gasteiger partial charge >= 0.3 is 0 Å². The molecule has 1 rings (SSSR count). The lowest BCUT2D eigenvalue weighted by molar-refractivity contribution is 0.118. The van der Waals surface area contributed by atoms with Gasteiger partial charge in [0, 0.05) is 24.2 Å². The van der Waals surface area contributed by atoms with Crippen LogP contribution in [0.1, 0.15) is 38.1 Å². The molecular formula is C13H25N3O. The molecule has 3 N–H and O–H groups in total. The number of nitrogens with zero attached hydrogens (tertiary/aromatic N) is 2. The van der Waals surface area contributed by atoms with Crippen LogP contribution in [-0.4, -0.2) is 28.0 Å². The van der Waals surface area contributed by atoms with Gasteiger partial charge < -0.3 is 10.8 Å². The van der Waals surface area contributed by atoms with Gasteiger partial charge in [-0.25, -0.2) is 0 Å². The van der Waals surface area contributed by atoms with E-state index in [2.05, 4.69) is 25.0 Å². The Morgan fingerprint density at radius 2 is 2.18 bits per heavy atom. The van der Waals surface area contributed by atoms with E-state index in [1.165, 1.54) is 5.69 Å². The van der Waals surface area contributed by atoms with Gasteiger partial charge in [0.1, 0.15) is 0 Å². The minimum Gasteiger partial charge on any atom is -0.396 e. The van der Waals surface area contributed by atoms with Crippen molar-refractivity contribution < 1.29 is 5.11 Å². The second-order valence-electron chi connectivity index (χ2n) is 4.88. The summed E-state index contributed by atoms with van der Waals surface area (Å²) in [5.41, 5.74) is 7.88. The lowest BCUT2D eigenvalue weighted by atomic mass is 9.80. The number of hydrogen-bond acceptors (Lipinski definition) is 3. The van der Waals surface area contributed by atoms with Crippen molar-refractivity contribution in [2.24, 2.45) is 11.1 Å². The smallest absolute Gasteiger partial charge is 0.0596 e. The molecule has 0 amide bonds. The highest BCUT2D eigenvalue weighted by molar-refractivity contribution is 5.11. The van der Waals surface area contributed by atoms with Crippen LogP contribution < -0.4 is 5.73 Å². The fourth-order valence-corrected chi connectivity index (χ4v) is 2.39. The van der Waals surface area contributed by atoms with E-state index in [4.69, 9.17) is 5.73 Å². The molecule has 4 nitrogen and oxygen atoms in total. The molecule has 0 saturated carbocycles. The van der Waals surface area contributed by atoms with Crippen molar-refractivity contribution in [3.8, 4) is 0 Å². The second-order valence-corrected chi connectivity index (χ2v) is 4.88. The lowest BCUT2D eigenvalue weighted by Crippen LogP contribution is -2.37. The number of rotatable bonds is 7. The van der Waals surface area contributed by atoms with Crippen LogP contribution in [0.2, 0.25) is 0 Å². The summed E-state index contributed by atoms with van der Waals surface area (Å²) in [5, 5.41) is 14.1. The minimum atomic E-state index is -0.186. The molecule has 0 fully saturated rings. The summed E-state index contributed by atoms with van der Waals surface area (Å²) in [6, 6.07) is 2.10. The molecule has 4 heteroatoms. The van der Waals surface area contributed by atoms with Crippen molar-refractivity contribution >= 4 is 0 Å². The Morgan fingerprint density at radius 3 is 2.65 bits per heavy atom. The Hall–Kier alpha value is -0.870. The molecule has 1 aromatic heterocycles. The van der Waals surface area contributed by atoms with Gasteiger partial charge in [0.15, 0.2) is 0 Å². The van der Waals surface area contributed by atoms with Crippen LogP contribution in [0.3, 0.4) is 0 Å². The zero-order chi connectivity index (χ0) is 12.9. The predicted molar refractivity (Wildman–Crippen MR) is 69.8 cm³/mol. The minimum absolute atomic E-state index is 0.144. The summed E-state index contributed by atoms with van der Waals surface area (Å²) in [4.78, 5) is 0. The van der Waals surface area contributed by atoms with E-state index in [0.717, 1.165) is 31.5 Å². The van der Waals surface area contributed by atoms with E-state index in [0.29, 0.717) is 6.54 Å². The second kappa shape index (κ2) is 6.17. The van der Waals surface area contributed by atoms with Crippen LogP contribution >= 0.6 is 0 Å². The summed E-state index contributed by atoms with van der Waals surface area (Å²) in [6.45, 7) is 7.73. The molecule has 1 aromatic rings. The first-order chi connectivity index (χ1) is 8.10. The molecule has 0 aliphatic carbocycles. The van der Waals surface area contributed by atoms with Gasteiger partial charge in [0.05, 0.1) is 12.3 Å². The zero-order valence-electron chi connectivity index (χ0n) is 11.2. The number of aliphatic hydroxyl groups excluding tert-OH is 1. The van der Waals surface area contributed by atoms with Crippen molar-refractivity contribution in [2.75, 3.05) is 13.2 Å². The Morgan fingerprint density at radius 1 is 1.47 bits per heavy atom. The average molecular weight is 239 g/mol. The summed E-state index contributed by atoms with van der Waals surface area (Å²) >= 11 is 0. The normalized spacial score (nSPS) is 14.9. The molecule has 0 aliphatic heterocycles. The van der Waals surface area contributed by atoms with Crippen LogP contribution in [0.5, 0.6) is 0 Å². The third-order valence-electron chi connectivity index (χ3n) is 3.39. The van der Waals surface area contributed by atoms with Crippen LogP contribution in [0.25, 0.3) is 0 Å². The fourth-order valence-electron chi connectivity index (χ4n) is 2.39. The first kappa shape index (κ1) is 14.2. The Bertz CT molecular complexity index is 342. The maximum absolute atomic E-state index is 9.63. The van der Waals surface area contributed by atoms with Gasteiger partial charge in [0.25, 0.3) is 0 Å². The van der Waals surface area contributed by atoms with E-state index in [1.807, 2.05) is 11.6 Å². The van der Waals surface area contributed by atoms with Crippen molar-refractivity contribution in [3.63, 3.8) is 0 Å². The molecule has 0 radical (unpaired) electrons. The molecule has 0 spiro atoms. The topological polar surface area (TPSA) is 64.1 Å². The number of hydrogen-bond donors (Lipinski definition) is 2. The maximum Gasteiger partial charge on any atom is 0.0596 e. The lowest BCUT2D eigenvalue weighted by Gasteiger charge is -2.30. The molecule has 0 aliphatic rings. The van der Waals surface area contributed by atoms with Gasteiger partial charge in [-0.15, -0.1) is 0 Å². The number of aryl methyl sites for hydroxylation is 2. The first-order valence-electron chi connectivity index (χ1n) is 6.45. The van der Waals surface area contributed by atoms with Crippen LogP contribution in [0.4, 0.5) is 0 Å². The first-order valence-corrected chi connectivity index (χ1v) is 6.45. The number of aliphatic hydroxyl groups is 1. The summed E-state index contributed by atoms with van der Waals surface area (Å²) in [5.74, 6) is 0. The molecule has 0 bridgehead atoms. The monoisotopic (exact) mass is 239 g/mol. The summed E-state index contributed by atoms with van der Waals surface area (Å²) in [6.07, 6.45) is 2.80. The van der Waals surface area contributed by atoms with Crippen LogP contribution in [-0.2, 0) is 13.0 Å². The molecule has 0 aromatic carbocycles. The highest BCUT2D eigenvalue weighted by Gasteiger charge is 2.28. The van der Waals surface area contributed by atoms with Crippen molar-refractivity contribution in [3.05, 3.63) is 17.5 Å². The van der Waals surface area contributed by atoms with E-state index < -0.39 is 0 Å². The van der Waals surface area contributed by atoms with Gasteiger partial charge in [0.2, 0.25) is 0 Å². The molecule has 1 unspecified atom stereocenters. The quantitative estimate of drug-likeness (QED) is 0.757. The van der Waals surface area contributed by atoms with Crippen molar-refractivity contribution in [1.29, 1.82) is 0 Å². The Kier molecular flexibility index (Phi) is 5.15. The third-order valence-corrected chi connectivity index (χ3v) is 3.39. The maximum atomic E-state index is 9.63. The Labute approximate surface area is 104 Å². The Balaban J connectivity index is 2.91. The third kappa shape index (κ3) is 3.30. The van der Waals surface area contributed by atoms with Crippen LogP contribution in [0, 0.1) is 12.3 Å². The van der Waals surface area contributed by atoms with E-state index in [-0.39, 0.29) is 12.0 Å². The molecule has 98 valence electrons. The molecule has 1 atom stereocenters.